The Morgan fingerprint density at radius 2 is 1.42 bits per heavy atom. The SMILES string of the molecule is CC(C)(C)c1cc(C=NCCO)cc(C(C)(C)C)c1. The molecule has 2 nitrogen and oxygen atoms in total. The minimum absolute atomic E-state index is 0.0988. The van der Waals surface area contributed by atoms with Gasteiger partial charge in [0.2, 0.25) is 0 Å². The summed E-state index contributed by atoms with van der Waals surface area (Å²) in [6.07, 6.45) is 1.86. The summed E-state index contributed by atoms with van der Waals surface area (Å²) in [7, 11) is 0. The molecule has 0 saturated carbocycles. The third-order valence-corrected chi connectivity index (χ3v) is 3.16. The van der Waals surface area contributed by atoms with E-state index < -0.39 is 0 Å². The molecule has 1 rings (SSSR count). The molecule has 0 aliphatic rings. The molecule has 0 amide bonds. The summed E-state index contributed by atoms with van der Waals surface area (Å²) in [5.41, 5.74) is 4.02. The van der Waals surface area contributed by atoms with E-state index in [1.807, 2.05) is 6.21 Å². The van der Waals surface area contributed by atoms with Crippen molar-refractivity contribution in [1.82, 2.24) is 0 Å². The Balaban J connectivity index is 3.25. The van der Waals surface area contributed by atoms with E-state index in [0.717, 1.165) is 5.56 Å². The van der Waals surface area contributed by atoms with E-state index in [0.29, 0.717) is 6.54 Å². The molecular weight excluding hydrogens is 234 g/mol. The lowest BCUT2D eigenvalue weighted by Gasteiger charge is -2.25. The van der Waals surface area contributed by atoms with Crippen LogP contribution in [-0.4, -0.2) is 24.5 Å². The highest BCUT2D eigenvalue weighted by Gasteiger charge is 2.19. The average Bonchev–Trinajstić information content (AvgIpc) is 2.27. The van der Waals surface area contributed by atoms with Gasteiger partial charge < -0.3 is 5.11 Å². The van der Waals surface area contributed by atoms with Gasteiger partial charge in [-0.2, -0.15) is 0 Å². The van der Waals surface area contributed by atoms with Crippen LogP contribution in [0.5, 0.6) is 0 Å². The highest BCUT2D eigenvalue weighted by Crippen LogP contribution is 2.29. The minimum atomic E-state index is 0.0988. The van der Waals surface area contributed by atoms with E-state index in [-0.39, 0.29) is 17.4 Å². The second-order valence-corrected chi connectivity index (χ2v) is 7.10. The maximum Gasteiger partial charge on any atom is 0.0626 e. The Morgan fingerprint density at radius 3 is 1.79 bits per heavy atom. The number of aliphatic hydroxyl groups excluding tert-OH is 1. The number of hydrogen-bond acceptors (Lipinski definition) is 2. The molecule has 19 heavy (non-hydrogen) atoms. The van der Waals surface area contributed by atoms with E-state index in [1.54, 1.807) is 0 Å². The van der Waals surface area contributed by atoms with Gasteiger partial charge in [0.25, 0.3) is 0 Å². The zero-order valence-electron chi connectivity index (χ0n) is 13.1. The van der Waals surface area contributed by atoms with Crippen LogP contribution >= 0.6 is 0 Å². The molecule has 0 spiro atoms. The van der Waals surface area contributed by atoms with Gasteiger partial charge in [-0.05, 0) is 39.7 Å². The van der Waals surface area contributed by atoms with Gasteiger partial charge in [0.1, 0.15) is 0 Å². The maximum absolute atomic E-state index is 8.80. The van der Waals surface area contributed by atoms with Crippen LogP contribution in [0, 0.1) is 0 Å². The first-order chi connectivity index (χ1) is 8.64. The summed E-state index contributed by atoms with van der Waals surface area (Å²) < 4.78 is 0. The van der Waals surface area contributed by atoms with Crippen LogP contribution in [-0.2, 0) is 10.8 Å². The van der Waals surface area contributed by atoms with Crippen LogP contribution in [0.3, 0.4) is 0 Å². The molecule has 0 heterocycles. The molecule has 1 N–H and O–H groups in total. The molecule has 0 aliphatic heterocycles. The number of aliphatic hydroxyl groups is 1. The normalized spacial score (nSPS) is 13.2. The zero-order chi connectivity index (χ0) is 14.7. The van der Waals surface area contributed by atoms with Crippen molar-refractivity contribution >= 4 is 6.21 Å². The molecule has 0 aromatic heterocycles. The predicted molar refractivity (Wildman–Crippen MR) is 83.4 cm³/mol. The molecular formula is C17H27NO. The summed E-state index contributed by atoms with van der Waals surface area (Å²) in [5, 5.41) is 8.80. The molecule has 0 aliphatic carbocycles. The topological polar surface area (TPSA) is 32.6 Å². The predicted octanol–water partition coefficient (Wildman–Crippen LogP) is 3.69. The van der Waals surface area contributed by atoms with Gasteiger partial charge in [0.15, 0.2) is 0 Å². The van der Waals surface area contributed by atoms with Gasteiger partial charge in [-0.15, -0.1) is 0 Å². The van der Waals surface area contributed by atoms with Crippen LogP contribution < -0.4 is 0 Å². The fraction of sp³-hybridized carbons (Fsp3) is 0.588. The summed E-state index contributed by atoms with van der Waals surface area (Å²) in [6, 6.07) is 6.68. The van der Waals surface area contributed by atoms with Crippen molar-refractivity contribution in [3.63, 3.8) is 0 Å². The van der Waals surface area contributed by atoms with Crippen molar-refractivity contribution in [1.29, 1.82) is 0 Å². The molecule has 0 radical (unpaired) electrons. The lowest BCUT2D eigenvalue weighted by Crippen LogP contribution is -2.17. The van der Waals surface area contributed by atoms with E-state index in [1.165, 1.54) is 11.1 Å². The molecule has 0 fully saturated rings. The van der Waals surface area contributed by atoms with Crippen molar-refractivity contribution in [2.45, 2.75) is 52.4 Å². The molecule has 1 aromatic carbocycles. The van der Waals surface area contributed by atoms with Crippen molar-refractivity contribution in [2.75, 3.05) is 13.2 Å². The molecule has 0 atom stereocenters. The van der Waals surface area contributed by atoms with Crippen molar-refractivity contribution in [3.05, 3.63) is 34.9 Å². The number of rotatable bonds is 3. The number of nitrogens with zero attached hydrogens (tertiary/aromatic N) is 1. The van der Waals surface area contributed by atoms with Crippen LogP contribution in [0.4, 0.5) is 0 Å². The first-order valence-electron chi connectivity index (χ1n) is 6.91. The lowest BCUT2D eigenvalue weighted by atomic mass is 9.80. The Kier molecular flexibility index (Phi) is 4.92. The molecule has 0 unspecified atom stereocenters. The van der Waals surface area contributed by atoms with Crippen LogP contribution in [0.2, 0.25) is 0 Å². The van der Waals surface area contributed by atoms with E-state index in [4.69, 9.17) is 5.11 Å². The summed E-state index contributed by atoms with van der Waals surface area (Å²) in [4.78, 5) is 4.23. The monoisotopic (exact) mass is 261 g/mol. The van der Waals surface area contributed by atoms with Gasteiger partial charge in [-0.1, -0.05) is 47.6 Å². The number of hydrogen-bond donors (Lipinski definition) is 1. The Bertz CT molecular complexity index is 415. The van der Waals surface area contributed by atoms with Crippen molar-refractivity contribution < 1.29 is 5.11 Å². The average molecular weight is 261 g/mol. The van der Waals surface area contributed by atoms with Gasteiger partial charge >= 0.3 is 0 Å². The van der Waals surface area contributed by atoms with Gasteiger partial charge in [0.05, 0.1) is 13.2 Å². The van der Waals surface area contributed by atoms with Crippen LogP contribution in [0.25, 0.3) is 0 Å². The largest absolute Gasteiger partial charge is 0.394 e. The molecule has 0 bridgehead atoms. The van der Waals surface area contributed by atoms with Crippen molar-refractivity contribution in [2.24, 2.45) is 4.99 Å². The second kappa shape index (κ2) is 5.87. The van der Waals surface area contributed by atoms with E-state index in [9.17, 15) is 0 Å². The maximum atomic E-state index is 8.80. The lowest BCUT2D eigenvalue weighted by molar-refractivity contribution is 0.307. The number of benzene rings is 1. The Morgan fingerprint density at radius 1 is 0.947 bits per heavy atom. The van der Waals surface area contributed by atoms with Gasteiger partial charge in [0, 0.05) is 6.21 Å². The summed E-state index contributed by atoms with van der Waals surface area (Å²) >= 11 is 0. The van der Waals surface area contributed by atoms with Gasteiger partial charge in [-0.25, -0.2) is 0 Å². The summed E-state index contributed by atoms with van der Waals surface area (Å²) in [6.45, 7) is 13.9. The van der Waals surface area contributed by atoms with Crippen LogP contribution in [0.1, 0.15) is 58.2 Å². The molecule has 0 saturated heterocycles. The highest BCUT2D eigenvalue weighted by atomic mass is 16.3. The fourth-order valence-corrected chi connectivity index (χ4v) is 1.82. The minimum Gasteiger partial charge on any atom is -0.394 e. The van der Waals surface area contributed by atoms with E-state index >= 15 is 0 Å². The van der Waals surface area contributed by atoms with Crippen molar-refractivity contribution in [3.8, 4) is 0 Å². The molecule has 106 valence electrons. The zero-order valence-corrected chi connectivity index (χ0v) is 13.1. The quantitative estimate of drug-likeness (QED) is 0.827. The fourth-order valence-electron chi connectivity index (χ4n) is 1.82. The Labute approximate surface area is 117 Å². The molecule has 2 heteroatoms. The second-order valence-electron chi connectivity index (χ2n) is 7.10. The number of aliphatic imine (C=N–C) groups is 1. The first-order valence-corrected chi connectivity index (χ1v) is 6.91. The van der Waals surface area contributed by atoms with E-state index in [2.05, 4.69) is 64.7 Å². The Hall–Kier alpha value is -1.15. The van der Waals surface area contributed by atoms with Gasteiger partial charge in [-0.3, -0.25) is 4.99 Å². The smallest absolute Gasteiger partial charge is 0.0626 e. The highest BCUT2D eigenvalue weighted by molar-refractivity contribution is 5.80. The first kappa shape index (κ1) is 15.9. The molecule has 1 aromatic rings. The summed E-state index contributed by atoms with van der Waals surface area (Å²) in [5.74, 6) is 0. The third kappa shape index (κ3) is 4.79. The van der Waals surface area contributed by atoms with Crippen LogP contribution in [0.15, 0.2) is 23.2 Å². The third-order valence-electron chi connectivity index (χ3n) is 3.16. The standard InChI is InChI=1S/C17H27NO/c1-16(2,3)14-9-13(12-18-7-8-19)10-15(11-14)17(4,5)6/h9-12,19H,7-8H2,1-6H3.